The molecule has 0 atom stereocenters. The molecular weight excluding hydrogens is 270 g/mol. The lowest BCUT2D eigenvalue weighted by atomic mass is 9.95. The average Bonchev–Trinajstić information content (AvgIpc) is 2.45. The van der Waals surface area contributed by atoms with Gasteiger partial charge in [-0.1, -0.05) is 12.2 Å². The van der Waals surface area contributed by atoms with Gasteiger partial charge < -0.3 is 20.3 Å². The third-order valence-electron chi connectivity index (χ3n) is 3.07. The molecule has 21 heavy (non-hydrogen) atoms. The smallest absolute Gasteiger partial charge is 0.251 e. The van der Waals surface area contributed by atoms with Gasteiger partial charge >= 0.3 is 0 Å². The molecule has 1 aromatic carbocycles. The number of hydrogen-bond acceptors (Lipinski definition) is 4. The molecule has 5 nitrogen and oxygen atoms in total. The summed E-state index contributed by atoms with van der Waals surface area (Å²) in [6.07, 6.45) is 3.87. The van der Waals surface area contributed by atoms with E-state index < -0.39 is 5.60 Å². The number of phenolic OH excluding ortho intramolecular Hbond substituents is 1. The van der Waals surface area contributed by atoms with Crippen LogP contribution in [-0.4, -0.2) is 35.4 Å². The van der Waals surface area contributed by atoms with Crippen LogP contribution in [0.1, 0.15) is 23.2 Å². The predicted octanol–water partition coefficient (Wildman–Crippen LogP) is 2.01. The molecule has 114 valence electrons. The summed E-state index contributed by atoms with van der Waals surface area (Å²) in [7, 11) is 1.43. The lowest BCUT2D eigenvalue weighted by Crippen LogP contribution is -2.42. The average molecular weight is 291 g/mol. The zero-order valence-corrected chi connectivity index (χ0v) is 12.1. The van der Waals surface area contributed by atoms with E-state index >= 15 is 0 Å². The summed E-state index contributed by atoms with van der Waals surface area (Å²) >= 11 is 0. The Balaban J connectivity index is 2.74. The molecule has 0 aromatic heterocycles. The molecule has 3 N–H and O–H groups in total. The van der Waals surface area contributed by atoms with Crippen molar-refractivity contribution >= 4 is 5.91 Å². The summed E-state index contributed by atoms with van der Waals surface area (Å²) in [6, 6.07) is 4.35. The molecule has 5 heteroatoms. The minimum absolute atomic E-state index is 0.0661. The molecule has 0 saturated carbocycles. The Bertz CT molecular complexity index is 515. The van der Waals surface area contributed by atoms with Crippen molar-refractivity contribution in [3.05, 3.63) is 49.1 Å². The highest BCUT2D eigenvalue weighted by Crippen LogP contribution is 2.26. The van der Waals surface area contributed by atoms with E-state index in [9.17, 15) is 15.0 Å². The number of nitrogens with one attached hydrogen (secondary N) is 1. The van der Waals surface area contributed by atoms with Gasteiger partial charge in [0.05, 0.1) is 12.7 Å². The highest BCUT2D eigenvalue weighted by molar-refractivity contribution is 5.94. The standard InChI is InChI=1S/C16H21NO4/c1-4-8-16(20,9-5-2)11-17-15(19)12-6-7-14(21-3)13(18)10-12/h4-7,10,18,20H,1-2,8-9,11H2,3H3,(H,17,19). The minimum Gasteiger partial charge on any atom is -0.504 e. The molecule has 0 fully saturated rings. The Morgan fingerprint density at radius 1 is 1.38 bits per heavy atom. The van der Waals surface area contributed by atoms with Gasteiger partial charge in [-0.25, -0.2) is 0 Å². The van der Waals surface area contributed by atoms with Crippen molar-refractivity contribution in [1.82, 2.24) is 5.32 Å². The molecule has 1 aromatic rings. The van der Waals surface area contributed by atoms with Crippen molar-refractivity contribution in [3.63, 3.8) is 0 Å². The first-order valence-electron chi connectivity index (χ1n) is 6.55. The highest BCUT2D eigenvalue weighted by atomic mass is 16.5. The lowest BCUT2D eigenvalue weighted by molar-refractivity contribution is 0.0437. The Kier molecular flexibility index (Phi) is 5.99. The number of benzene rings is 1. The summed E-state index contributed by atoms with van der Waals surface area (Å²) in [6.45, 7) is 7.25. The number of amides is 1. The molecule has 0 unspecified atom stereocenters. The van der Waals surface area contributed by atoms with Crippen LogP contribution in [0.5, 0.6) is 11.5 Å². The second-order valence-electron chi connectivity index (χ2n) is 4.78. The van der Waals surface area contributed by atoms with Crippen molar-refractivity contribution < 1.29 is 19.7 Å². The van der Waals surface area contributed by atoms with Crippen LogP contribution in [0.3, 0.4) is 0 Å². The molecule has 0 aliphatic heterocycles. The summed E-state index contributed by atoms with van der Waals surface area (Å²) in [5.74, 6) is -0.210. The minimum atomic E-state index is -1.10. The van der Waals surface area contributed by atoms with Crippen molar-refractivity contribution in [2.24, 2.45) is 0 Å². The lowest BCUT2D eigenvalue weighted by Gasteiger charge is -2.25. The maximum atomic E-state index is 12.0. The highest BCUT2D eigenvalue weighted by Gasteiger charge is 2.24. The summed E-state index contributed by atoms with van der Waals surface area (Å²) in [5, 5.41) is 22.6. The fraction of sp³-hybridized carbons (Fsp3) is 0.312. The molecule has 0 radical (unpaired) electrons. The Hall–Kier alpha value is -2.27. The number of rotatable bonds is 8. The van der Waals surface area contributed by atoms with E-state index in [2.05, 4.69) is 18.5 Å². The zero-order valence-electron chi connectivity index (χ0n) is 12.1. The SMILES string of the molecule is C=CCC(O)(CC=C)CNC(=O)c1ccc(OC)c(O)c1. The first-order valence-corrected chi connectivity index (χ1v) is 6.55. The van der Waals surface area contributed by atoms with Gasteiger partial charge in [-0.15, -0.1) is 13.2 Å². The van der Waals surface area contributed by atoms with Crippen molar-refractivity contribution in [2.75, 3.05) is 13.7 Å². The summed E-state index contributed by atoms with van der Waals surface area (Å²) in [5.41, 5.74) is -0.818. The van der Waals surface area contributed by atoms with Gasteiger partial charge in [0.15, 0.2) is 11.5 Å². The van der Waals surface area contributed by atoms with Gasteiger partial charge in [0.1, 0.15) is 0 Å². The number of carbonyl (C=O) groups excluding carboxylic acids is 1. The van der Waals surface area contributed by atoms with Gasteiger partial charge in [-0.3, -0.25) is 4.79 Å². The van der Waals surface area contributed by atoms with Crippen LogP contribution in [0, 0.1) is 0 Å². The van der Waals surface area contributed by atoms with E-state index in [1.54, 1.807) is 12.2 Å². The molecular formula is C16H21NO4. The van der Waals surface area contributed by atoms with E-state index in [1.165, 1.54) is 25.3 Å². The quantitative estimate of drug-likeness (QED) is 0.640. The monoisotopic (exact) mass is 291 g/mol. The number of methoxy groups -OCH3 is 1. The van der Waals surface area contributed by atoms with Crippen molar-refractivity contribution in [2.45, 2.75) is 18.4 Å². The Morgan fingerprint density at radius 2 is 2.00 bits per heavy atom. The molecule has 0 bridgehead atoms. The predicted molar refractivity (Wildman–Crippen MR) is 81.6 cm³/mol. The van der Waals surface area contributed by atoms with Gasteiger partial charge in [0.2, 0.25) is 0 Å². The second kappa shape index (κ2) is 7.50. The second-order valence-corrected chi connectivity index (χ2v) is 4.78. The number of ether oxygens (including phenoxy) is 1. The third kappa shape index (κ3) is 4.65. The number of hydrogen-bond donors (Lipinski definition) is 3. The van der Waals surface area contributed by atoms with Crippen LogP contribution in [0.15, 0.2) is 43.5 Å². The van der Waals surface area contributed by atoms with Crippen LogP contribution in [-0.2, 0) is 0 Å². The van der Waals surface area contributed by atoms with Crippen LogP contribution >= 0.6 is 0 Å². The molecule has 0 heterocycles. The maximum Gasteiger partial charge on any atom is 0.251 e. The largest absolute Gasteiger partial charge is 0.504 e. The topological polar surface area (TPSA) is 78.8 Å². The Labute approximate surface area is 124 Å². The van der Waals surface area contributed by atoms with Crippen LogP contribution in [0.4, 0.5) is 0 Å². The first-order chi connectivity index (χ1) is 9.95. The zero-order chi connectivity index (χ0) is 15.9. The van der Waals surface area contributed by atoms with Gasteiger partial charge in [-0.2, -0.15) is 0 Å². The van der Waals surface area contributed by atoms with E-state index in [0.717, 1.165) is 0 Å². The molecule has 0 aliphatic rings. The summed E-state index contributed by atoms with van der Waals surface area (Å²) < 4.78 is 4.91. The first kappa shape index (κ1) is 16.8. The third-order valence-corrected chi connectivity index (χ3v) is 3.07. The van der Waals surface area contributed by atoms with Crippen LogP contribution < -0.4 is 10.1 Å². The number of phenols is 1. The van der Waals surface area contributed by atoms with Gasteiger partial charge in [0, 0.05) is 12.1 Å². The van der Waals surface area contributed by atoms with E-state index in [4.69, 9.17) is 4.74 Å². The van der Waals surface area contributed by atoms with E-state index in [1.807, 2.05) is 0 Å². The fourth-order valence-electron chi connectivity index (χ4n) is 1.94. The summed E-state index contributed by atoms with van der Waals surface area (Å²) in [4.78, 5) is 12.0. The molecule has 1 amide bonds. The fourth-order valence-corrected chi connectivity index (χ4v) is 1.94. The normalized spacial score (nSPS) is 10.8. The molecule has 0 aliphatic carbocycles. The number of carbonyl (C=O) groups is 1. The van der Waals surface area contributed by atoms with Crippen LogP contribution in [0.25, 0.3) is 0 Å². The van der Waals surface area contributed by atoms with Gasteiger partial charge in [0.25, 0.3) is 5.91 Å². The molecule has 1 rings (SSSR count). The van der Waals surface area contributed by atoms with Crippen LogP contribution in [0.2, 0.25) is 0 Å². The van der Waals surface area contributed by atoms with Crippen molar-refractivity contribution in [1.29, 1.82) is 0 Å². The molecule has 0 spiro atoms. The number of aromatic hydroxyl groups is 1. The molecule has 0 saturated heterocycles. The van der Waals surface area contributed by atoms with Crippen molar-refractivity contribution in [3.8, 4) is 11.5 Å². The Morgan fingerprint density at radius 3 is 2.48 bits per heavy atom. The van der Waals surface area contributed by atoms with E-state index in [-0.39, 0.29) is 23.8 Å². The number of aliphatic hydroxyl groups is 1. The van der Waals surface area contributed by atoms with E-state index in [0.29, 0.717) is 18.6 Å². The van der Waals surface area contributed by atoms with Gasteiger partial charge in [-0.05, 0) is 31.0 Å². The maximum absolute atomic E-state index is 12.0.